The number of esters is 1. The predicted molar refractivity (Wildman–Crippen MR) is 54.2 cm³/mol. The number of hydrogen-bond donors (Lipinski definition) is 0. The monoisotopic (exact) mass is 348 g/mol. The minimum absolute atomic E-state index is 0.748. The van der Waals surface area contributed by atoms with Gasteiger partial charge in [-0.3, -0.25) is 4.79 Å². The average molecular weight is 349 g/mol. The highest BCUT2D eigenvalue weighted by Gasteiger charge is 2.81. The van der Waals surface area contributed by atoms with Crippen molar-refractivity contribution in [2.45, 2.75) is 54.9 Å². The van der Waals surface area contributed by atoms with Crippen LogP contribution < -0.4 is 0 Å². The minimum Gasteiger partial charge on any atom is -0.461 e. The largest absolute Gasteiger partial charge is 0.461 e. The summed E-state index contributed by atoms with van der Waals surface area (Å²) in [6.45, 7) is 0.748. The Labute approximate surface area is 118 Å². The molecule has 0 aromatic carbocycles. The van der Waals surface area contributed by atoms with Crippen LogP contribution in [0.25, 0.3) is 0 Å². The zero-order valence-corrected chi connectivity index (χ0v) is 11.0. The smallest absolute Gasteiger partial charge is 0.426 e. The highest BCUT2D eigenvalue weighted by Crippen LogP contribution is 2.59. The molecule has 0 bridgehead atoms. The summed E-state index contributed by atoms with van der Waals surface area (Å²) in [6.07, 6.45) is -18.4. The molecular formula is C10H9ClF8O2. The van der Waals surface area contributed by atoms with Gasteiger partial charge in [-0.25, -0.2) is 8.78 Å². The summed E-state index contributed by atoms with van der Waals surface area (Å²) in [6, 6.07) is 0. The van der Waals surface area contributed by atoms with E-state index in [-0.39, 0.29) is 0 Å². The van der Waals surface area contributed by atoms with Crippen molar-refractivity contribution < 1.29 is 44.7 Å². The van der Waals surface area contributed by atoms with Crippen LogP contribution in [-0.2, 0) is 9.53 Å². The first-order chi connectivity index (χ1) is 9.16. The lowest BCUT2D eigenvalue weighted by atomic mass is 9.71. The summed E-state index contributed by atoms with van der Waals surface area (Å²) < 4.78 is 108. The van der Waals surface area contributed by atoms with Gasteiger partial charge in [0.15, 0.2) is 0 Å². The van der Waals surface area contributed by atoms with E-state index in [0.717, 1.165) is 6.92 Å². The number of halogens is 9. The van der Waals surface area contributed by atoms with E-state index in [4.69, 9.17) is 11.6 Å². The van der Waals surface area contributed by atoms with Crippen molar-refractivity contribution in [2.24, 2.45) is 0 Å². The number of rotatable bonds is 1. The maximum Gasteiger partial charge on any atom is 0.426 e. The molecule has 0 aromatic heterocycles. The van der Waals surface area contributed by atoms with Crippen LogP contribution in [0, 0.1) is 0 Å². The van der Waals surface area contributed by atoms with Crippen LogP contribution in [-0.4, -0.2) is 41.1 Å². The van der Waals surface area contributed by atoms with Gasteiger partial charge in [0.1, 0.15) is 6.10 Å². The molecule has 0 radical (unpaired) electrons. The first-order valence-corrected chi connectivity index (χ1v) is 5.92. The number of carbonyl (C=O) groups excluding carboxylic acids is 1. The van der Waals surface area contributed by atoms with E-state index in [1.165, 1.54) is 0 Å². The second-order valence-corrected chi connectivity index (χ2v) is 5.23. The Morgan fingerprint density at radius 1 is 1.05 bits per heavy atom. The Morgan fingerprint density at radius 2 is 1.43 bits per heavy atom. The molecule has 0 aromatic rings. The van der Waals surface area contributed by atoms with Gasteiger partial charge in [0.25, 0.3) is 5.67 Å². The van der Waals surface area contributed by atoms with Crippen LogP contribution in [0.1, 0.15) is 19.8 Å². The molecule has 2 nitrogen and oxygen atoms in total. The summed E-state index contributed by atoms with van der Waals surface area (Å²) in [5.74, 6) is -1.17. The van der Waals surface area contributed by atoms with Crippen molar-refractivity contribution in [1.29, 1.82) is 0 Å². The second-order valence-electron chi connectivity index (χ2n) is 4.67. The van der Waals surface area contributed by atoms with E-state index in [1.54, 1.807) is 0 Å². The van der Waals surface area contributed by atoms with Gasteiger partial charge in [-0.05, 0) is 0 Å². The van der Waals surface area contributed by atoms with Crippen LogP contribution in [0.3, 0.4) is 0 Å². The molecule has 1 rings (SSSR count). The van der Waals surface area contributed by atoms with Crippen molar-refractivity contribution >= 4 is 17.6 Å². The molecule has 124 valence electrons. The Hall–Kier alpha value is -0.800. The lowest BCUT2D eigenvalue weighted by molar-refractivity contribution is -0.358. The molecule has 0 aliphatic heterocycles. The second kappa shape index (κ2) is 5.13. The van der Waals surface area contributed by atoms with Crippen molar-refractivity contribution in [3.8, 4) is 0 Å². The van der Waals surface area contributed by atoms with Crippen LogP contribution in [0.4, 0.5) is 35.1 Å². The number of hydrogen-bond acceptors (Lipinski definition) is 2. The molecule has 0 amide bonds. The molecule has 1 saturated carbocycles. The first-order valence-electron chi connectivity index (χ1n) is 5.48. The fourth-order valence-corrected chi connectivity index (χ4v) is 2.49. The Kier molecular flexibility index (Phi) is 4.46. The third-order valence-corrected chi connectivity index (χ3v) is 3.64. The van der Waals surface area contributed by atoms with Crippen LogP contribution in [0.15, 0.2) is 0 Å². The van der Waals surface area contributed by atoms with Crippen LogP contribution in [0.5, 0.6) is 0 Å². The maximum absolute atomic E-state index is 14.0. The standard InChI is InChI=1S/C10H9ClF8O2/c1-4(20)21-6-3-8(13,10(17,18)19)7(12,2-5(6)11)9(14,15)16/h5-6H,2-3H2,1H3/t5-,6+,7+,8+/m0/s1. The van der Waals surface area contributed by atoms with E-state index in [2.05, 4.69) is 4.74 Å². The van der Waals surface area contributed by atoms with Crippen molar-refractivity contribution in [3.05, 3.63) is 0 Å². The minimum atomic E-state index is -6.16. The zero-order valence-electron chi connectivity index (χ0n) is 10.3. The first kappa shape index (κ1) is 18.2. The Bertz CT molecular complexity index is 422. The van der Waals surface area contributed by atoms with Gasteiger partial charge < -0.3 is 4.74 Å². The highest BCUT2D eigenvalue weighted by molar-refractivity contribution is 6.21. The number of carbonyl (C=O) groups is 1. The molecule has 21 heavy (non-hydrogen) atoms. The molecule has 11 heteroatoms. The summed E-state index contributed by atoms with van der Waals surface area (Å²) in [5, 5.41) is -1.95. The van der Waals surface area contributed by atoms with E-state index >= 15 is 0 Å². The summed E-state index contributed by atoms with van der Waals surface area (Å²) in [7, 11) is 0. The molecule has 0 N–H and O–H groups in total. The predicted octanol–water partition coefficient (Wildman–Crippen LogP) is 3.86. The molecular weight excluding hydrogens is 340 g/mol. The molecule has 1 aliphatic rings. The lowest BCUT2D eigenvalue weighted by Gasteiger charge is -2.47. The SMILES string of the molecule is CC(=O)O[C@@H]1C[C@](F)(C(F)(F)F)[C@@](F)(C(F)(F)F)C[C@@H]1Cl. The van der Waals surface area contributed by atoms with Crippen LogP contribution in [0.2, 0.25) is 0 Å². The summed E-state index contributed by atoms with van der Waals surface area (Å²) >= 11 is 5.34. The topological polar surface area (TPSA) is 26.3 Å². The fraction of sp³-hybridized carbons (Fsp3) is 0.900. The maximum atomic E-state index is 14.0. The van der Waals surface area contributed by atoms with Crippen molar-refractivity contribution in [3.63, 3.8) is 0 Å². The molecule has 0 saturated heterocycles. The normalized spacial score (nSPS) is 38.2. The van der Waals surface area contributed by atoms with E-state index < -0.39 is 54.0 Å². The third kappa shape index (κ3) is 2.91. The molecule has 1 fully saturated rings. The van der Waals surface area contributed by atoms with Crippen LogP contribution >= 0.6 is 11.6 Å². The van der Waals surface area contributed by atoms with Gasteiger partial charge in [0.05, 0.1) is 5.38 Å². The summed E-state index contributed by atoms with van der Waals surface area (Å²) in [4.78, 5) is 10.7. The molecule has 1 aliphatic carbocycles. The molecule has 4 atom stereocenters. The van der Waals surface area contributed by atoms with Gasteiger partial charge in [-0.15, -0.1) is 11.6 Å². The van der Waals surface area contributed by atoms with E-state index in [1.807, 2.05) is 0 Å². The van der Waals surface area contributed by atoms with Crippen molar-refractivity contribution in [1.82, 2.24) is 0 Å². The van der Waals surface area contributed by atoms with Crippen molar-refractivity contribution in [2.75, 3.05) is 0 Å². The zero-order chi connectivity index (χ0) is 16.9. The molecule has 0 unspecified atom stereocenters. The molecule has 0 spiro atoms. The summed E-state index contributed by atoms with van der Waals surface area (Å²) in [5.41, 5.74) is -10.5. The number of alkyl halides is 9. The van der Waals surface area contributed by atoms with Gasteiger partial charge in [-0.1, -0.05) is 0 Å². The van der Waals surface area contributed by atoms with Gasteiger partial charge in [-0.2, -0.15) is 26.3 Å². The van der Waals surface area contributed by atoms with Gasteiger partial charge >= 0.3 is 18.3 Å². The third-order valence-electron chi connectivity index (χ3n) is 3.21. The average Bonchev–Trinajstić information content (AvgIpc) is 2.22. The number of ether oxygens (including phenoxy) is 1. The molecule has 0 heterocycles. The fourth-order valence-electron chi connectivity index (χ4n) is 2.14. The van der Waals surface area contributed by atoms with Gasteiger partial charge in [0, 0.05) is 19.8 Å². The lowest BCUT2D eigenvalue weighted by Crippen LogP contribution is -2.70. The highest BCUT2D eigenvalue weighted by atomic mass is 35.5. The van der Waals surface area contributed by atoms with E-state index in [0.29, 0.717) is 0 Å². The Balaban J connectivity index is 3.32. The van der Waals surface area contributed by atoms with Gasteiger partial charge in [0.2, 0.25) is 5.67 Å². The Morgan fingerprint density at radius 3 is 1.76 bits per heavy atom. The quantitative estimate of drug-likeness (QED) is 0.409. The van der Waals surface area contributed by atoms with E-state index in [9.17, 15) is 39.9 Å².